The van der Waals surface area contributed by atoms with Crippen molar-refractivity contribution < 1.29 is 9.59 Å². The minimum atomic E-state index is 0.00102. The van der Waals surface area contributed by atoms with E-state index in [-0.39, 0.29) is 12.1 Å². The van der Waals surface area contributed by atoms with Crippen LogP contribution in [0.5, 0.6) is 0 Å². The molecular weight excluding hydrogens is 129 g/mol. The average molecular weight is 137 g/mol. The summed E-state index contributed by atoms with van der Waals surface area (Å²) >= 11 is 0. The third-order valence-corrected chi connectivity index (χ3v) is 1.02. The highest BCUT2D eigenvalue weighted by Crippen LogP contribution is 1.92. The van der Waals surface area contributed by atoms with Gasteiger partial charge in [-0.2, -0.15) is 0 Å². The minimum absolute atomic E-state index is 0.00102. The van der Waals surface area contributed by atoms with E-state index in [0.717, 1.165) is 0 Å². The lowest BCUT2D eigenvalue weighted by Gasteiger charge is -1.91. The van der Waals surface area contributed by atoms with Gasteiger partial charge >= 0.3 is 0 Å². The van der Waals surface area contributed by atoms with Gasteiger partial charge in [0.2, 0.25) is 6.08 Å². The smallest absolute Gasteiger partial charge is 0.234 e. The number of carbonyl (C=O) groups is 1. The molecule has 0 amide bonds. The topological polar surface area (TPSA) is 46.5 Å². The fourth-order valence-electron chi connectivity index (χ4n) is 0.503. The summed E-state index contributed by atoms with van der Waals surface area (Å²) < 4.78 is 0. The maximum atomic E-state index is 10.5. The molecule has 2 radical (unpaired) electrons. The third-order valence-electron chi connectivity index (χ3n) is 1.02. The molecule has 0 aliphatic rings. The molecule has 0 aromatic carbocycles. The van der Waals surface area contributed by atoms with E-state index in [2.05, 4.69) is 4.99 Å². The first-order chi connectivity index (χ1) is 4.81. The van der Waals surface area contributed by atoms with Crippen molar-refractivity contribution in [3.8, 4) is 0 Å². The highest BCUT2D eigenvalue weighted by atomic mass is 16.1. The van der Waals surface area contributed by atoms with Gasteiger partial charge in [0.25, 0.3) is 0 Å². The van der Waals surface area contributed by atoms with E-state index in [1.54, 1.807) is 0 Å². The molecule has 0 aliphatic heterocycles. The molecule has 0 aromatic rings. The maximum absolute atomic E-state index is 10.5. The molecule has 0 bridgehead atoms. The van der Waals surface area contributed by atoms with Gasteiger partial charge in [-0.3, -0.25) is 0 Å². The van der Waals surface area contributed by atoms with Crippen LogP contribution in [-0.4, -0.2) is 26.3 Å². The number of ketones is 1. The zero-order valence-corrected chi connectivity index (χ0v) is 5.67. The van der Waals surface area contributed by atoms with Crippen molar-refractivity contribution in [1.29, 1.82) is 0 Å². The standard InChI is InChI=1S/C6H8BNO2/c7-4-6(10)2-1-3-8-5-9/h1-4H2. The van der Waals surface area contributed by atoms with Gasteiger partial charge in [-0.05, 0) is 12.7 Å². The van der Waals surface area contributed by atoms with Gasteiger partial charge in [-0.25, -0.2) is 9.79 Å². The van der Waals surface area contributed by atoms with Crippen LogP contribution in [0.2, 0.25) is 6.32 Å². The molecule has 0 unspecified atom stereocenters. The summed E-state index contributed by atoms with van der Waals surface area (Å²) in [5.41, 5.74) is 0. The molecule has 4 heteroatoms. The number of rotatable bonds is 5. The Hall–Kier alpha value is -0.885. The minimum Gasteiger partial charge on any atom is -0.301 e. The van der Waals surface area contributed by atoms with Crippen molar-refractivity contribution in [2.45, 2.75) is 19.2 Å². The zero-order chi connectivity index (χ0) is 7.82. The lowest BCUT2D eigenvalue weighted by atomic mass is 9.98. The Kier molecular flexibility index (Phi) is 5.69. The van der Waals surface area contributed by atoms with Crippen LogP contribution in [0.3, 0.4) is 0 Å². The second-order valence-electron chi connectivity index (χ2n) is 1.82. The quantitative estimate of drug-likeness (QED) is 0.236. The second-order valence-corrected chi connectivity index (χ2v) is 1.82. The molecule has 0 N–H and O–H groups in total. The number of hydrogen-bond donors (Lipinski definition) is 0. The van der Waals surface area contributed by atoms with E-state index in [1.807, 2.05) is 0 Å². The Morgan fingerprint density at radius 2 is 2.30 bits per heavy atom. The summed E-state index contributed by atoms with van der Waals surface area (Å²) in [5.74, 6) is 0.00102. The molecule has 10 heavy (non-hydrogen) atoms. The lowest BCUT2D eigenvalue weighted by Crippen LogP contribution is -1.96. The number of nitrogens with zero attached hydrogens (tertiary/aromatic N) is 1. The van der Waals surface area contributed by atoms with Crippen molar-refractivity contribution in [2.24, 2.45) is 4.99 Å². The fraction of sp³-hybridized carbons (Fsp3) is 0.667. The third kappa shape index (κ3) is 5.26. The SMILES string of the molecule is [B]CC(=O)CCCN=C=O. The van der Waals surface area contributed by atoms with Crippen LogP contribution in [0.1, 0.15) is 12.8 Å². The van der Waals surface area contributed by atoms with Gasteiger partial charge in [0.15, 0.2) is 0 Å². The maximum Gasteiger partial charge on any atom is 0.234 e. The molecule has 52 valence electrons. The van der Waals surface area contributed by atoms with E-state index in [4.69, 9.17) is 7.85 Å². The number of aliphatic imine (C=N–C) groups is 1. The highest BCUT2D eigenvalue weighted by Gasteiger charge is 1.95. The molecule has 0 aliphatic carbocycles. The van der Waals surface area contributed by atoms with Crippen molar-refractivity contribution in [2.75, 3.05) is 6.54 Å². The zero-order valence-electron chi connectivity index (χ0n) is 5.67. The lowest BCUT2D eigenvalue weighted by molar-refractivity contribution is -0.117. The van der Waals surface area contributed by atoms with Gasteiger partial charge in [-0.15, -0.1) is 0 Å². The van der Waals surface area contributed by atoms with E-state index in [1.165, 1.54) is 6.08 Å². The van der Waals surface area contributed by atoms with Crippen LogP contribution in [0.15, 0.2) is 4.99 Å². The number of isocyanates is 1. The molecule has 0 spiro atoms. The van der Waals surface area contributed by atoms with Gasteiger partial charge in [-0.1, -0.05) is 0 Å². The Morgan fingerprint density at radius 1 is 1.60 bits per heavy atom. The molecule has 0 saturated carbocycles. The summed E-state index contributed by atoms with van der Waals surface area (Å²) in [4.78, 5) is 23.3. The number of hydrogen-bond acceptors (Lipinski definition) is 3. The number of carbonyl (C=O) groups excluding carboxylic acids is 2. The van der Waals surface area contributed by atoms with E-state index < -0.39 is 0 Å². The normalized spacial score (nSPS) is 8.40. The molecule has 0 fully saturated rings. The molecule has 0 aromatic heterocycles. The first-order valence-electron chi connectivity index (χ1n) is 3.06. The second kappa shape index (κ2) is 6.24. The van der Waals surface area contributed by atoms with Gasteiger partial charge < -0.3 is 4.79 Å². The monoisotopic (exact) mass is 137 g/mol. The van der Waals surface area contributed by atoms with Crippen molar-refractivity contribution in [3.63, 3.8) is 0 Å². The predicted octanol–water partition coefficient (Wildman–Crippen LogP) is 0.258. The fourth-order valence-corrected chi connectivity index (χ4v) is 0.503. The molecule has 0 rings (SSSR count). The van der Waals surface area contributed by atoms with Gasteiger partial charge in [0, 0.05) is 6.42 Å². The van der Waals surface area contributed by atoms with Crippen LogP contribution in [0.4, 0.5) is 0 Å². The van der Waals surface area contributed by atoms with Crippen molar-refractivity contribution >= 4 is 19.7 Å². The summed E-state index contributed by atoms with van der Waals surface area (Å²) in [7, 11) is 5.03. The Balaban J connectivity index is 3.19. The molecule has 0 saturated heterocycles. The Bertz CT molecular complexity index is 152. The molecular formula is C6H8BNO2. The highest BCUT2D eigenvalue weighted by molar-refractivity contribution is 6.20. The Labute approximate surface area is 60.9 Å². The van der Waals surface area contributed by atoms with Crippen LogP contribution in [-0.2, 0) is 9.59 Å². The van der Waals surface area contributed by atoms with Gasteiger partial charge in [0.1, 0.15) is 5.78 Å². The summed E-state index contributed by atoms with van der Waals surface area (Å²) in [6.07, 6.45) is 2.46. The first kappa shape index (κ1) is 9.11. The Morgan fingerprint density at radius 3 is 2.80 bits per heavy atom. The summed E-state index contributed by atoms with van der Waals surface area (Å²) in [5, 5.41) is 0. The summed E-state index contributed by atoms with van der Waals surface area (Å²) in [6, 6.07) is 0. The van der Waals surface area contributed by atoms with Crippen LogP contribution in [0, 0.1) is 0 Å². The molecule has 3 nitrogen and oxygen atoms in total. The van der Waals surface area contributed by atoms with Crippen LogP contribution < -0.4 is 0 Å². The van der Waals surface area contributed by atoms with Crippen LogP contribution in [0.25, 0.3) is 0 Å². The van der Waals surface area contributed by atoms with Crippen molar-refractivity contribution in [3.05, 3.63) is 0 Å². The first-order valence-corrected chi connectivity index (χ1v) is 3.06. The van der Waals surface area contributed by atoms with Crippen molar-refractivity contribution in [1.82, 2.24) is 0 Å². The largest absolute Gasteiger partial charge is 0.301 e. The van der Waals surface area contributed by atoms with Crippen LogP contribution >= 0.6 is 0 Å². The predicted molar refractivity (Wildman–Crippen MR) is 37.8 cm³/mol. The number of Topliss-reactive ketones (excluding diaryl/α,β-unsaturated/α-hetero) is 1. The molecule has 0 atom stereocenters. The average Bonchev–Trinajstić information content (AvgIpc) is 1.98. The summed E-state index contributed by atoms with van der Waals surface area (Å²) in [6.45, 7) is 0.370. The van der Waals surface area contributed by atoms with E-state index in [0.29, 0.717) is 19.4 Å². The molecule has 0 heterocycles. The van der Waals surface area contributed by atoms with Gasteiger partial charge in [0.05, 0.1) is 14.4 Å². The van der Waals surface area contributed by atoms with E-state index in [9.17, 15) is 9.59 Å². The van der Waals surface area contributed by atoms with E-state index >= 15 is 0 Å².